The zero-order chi connectivity index (χ0) is 37.2. The van der Waals surface area contributed by atoms with E-state index >= 15 is 0 Å². The van der Waals surface area contributed by atoms with Crippen molar-refractivity contribution >= 4 is 49.6 Å². The van der Waals surface area contributed by atoms with Crippen molar-refractivity contribution in [3.05, 3.63) is 187 Å². The number of aliphatic imine (C=N–C) groups is 1. The normalized spacial score (nSPS) is 17.3. The maximum Gasteiger partial charge on any atom is 0.151 e. The molecule has 2 N–H and O–H groups in total. The van der Waals surface area contributed by atoms with Gasteiger partial charge in [-0.15, -0.1) is 0 Å². The molecule has 0 bridgehead atoms. The average Bonchev–Trinajstić information content (AvgIpc) is 3.79. The quantitative estimate of drug-likeness (QED) is 0.178. The highest BCUT2D eigenvalue weighted by atomic mass is 16.3. The van der Waals surface area contributed by atoms with Gasteiger partial charge in [-0.25, -0.2) is 4.99 Å². The first-order chi connectivity index (χ1) is 27.7. The number of nitrogens with zero attached hydrogens (tertiary/aromatic N) is 3. The van der Waals surface area contributed by atoms with Crippen LogP contribution in [0.2, 0.25) is 0 Å². The predicted molar refractivity (Wildman–Crippen MR) is 232 cm³/mol. The van der Waals surface area contributed by atoms with Crippen LogP contribution in [0, 0.1) is 0 Å². The maximum absolute atomic E-state index is 7.21. The largest absolute Gasteiger partial charge is 0.456 e. The summed E-state index contributed by atoms with van der Waals surface area (Å²) in [6.45, 7) is 0. The molecule has 2 aromatic heterocycles. The Kier molecular flexibility index (Phi) is 7.75. The second-order valence-electron chi connectivity index (χ2n) is 15.1. The molecule has 11 rings (SSSR count). The third-order valence-electron chi connectivity index (χ3n) is 11.7. The van der Waals surface area contributed by atoms with Crippen molar-refractivity contribution in [3.8, 4) is 27.9 Å². The summed E-state index contributed by atoms with van der Waals surface area (Å²) in [6.07, 6.45) is 17.3. The molecule has 0 radical (unpaired) electrons. The monoisotopic (exact) mass is 724 g/mol. The van der Waals surface area contributed by atoms with Gasteiger partial charge >= 0.3 is 0 Å². The van der Waals surface area contributed by atoms with Gasteiger partial charge in [0.15, 0.2) is 6.17 Å². The lowest BCUT2D eigenvalue weighted by atomic mass is 9.95. The van der Waals surface area contributed by atoms with Crippen molar-refractivity contribution < 1.29 is 4.42 Å². The average molecular weight is 725 g/mol. The lowest BCUT2D eigenvalue weighted by Gasteiger charge is -2.45. The molecule has 6 aromatic carbocycles. The fourth-order valence-electron chi connectivity index (χ4n) is 8.87. The number of aromatic nitrogens is 1. The molecule has 1 aliphatic heterocycles. The van der Waals surface area contributed by atoms with Crippen LogP contribution in [0.3, 0.4) is 0 Å². The van der Waals surface area contributed by atoms with Crippen LogP contribution < -0.4 is 5.73 Å². The SMILES string of the molecule is NC(c1cccc(-c2ccc3c(c2)c2ccccc2n3-c2cccc(-c3ccc4c(c3)oc3ccccc34)c2)c1)N1C(C2=CCCC=C2)=N[C@@H]1C1=CCCC=C1. The molecule has 0 spiro atoms. The van der Waals surface area contributed by atoms with E-state index in [9.17, 15) is 0 Å². The highest BCUT2D eigenvalue weighted by molar-refractivity contribution is 6.11. The number of para-hydroxylation sites is 2. The van der Waals surface area contributed by atoms with Gasteiger partial charge in [-0.1, -0.05) is 115 Å². The van der Waals surface area contributed by atoms with Crippen LogP contribution in [-0.2, 0) is 0 Å². The van der Waals surface area contributed by atoms with E-state index in [1.54, 1.807) is 0 Å². The van der Waals surface area contributed by atoms with Gasteiger partial charge in [0, 0.05) is 32.8 Å². The number of nitrogens with two attached hydrogens (primary N) is 1. The van der Waals surface area contributed by atoms with Crippen molar-refractivity contribution in [2.24, 2.45) is 10.7 Å². The Bertz CT molecular complexity index is 3020. The molecule has 8 aromatic rings. The summed E-state index contributed by atoms with van der Waals surface area (Å²) >= 11 is 0. The third-order valence-corrected chi connectivity index (χ3v) is 11.7. The molecule has 5 heteroatoms. The smallest absolute Gasteiger partial charge is 0.151 e. The highest BCUT2D eigenvalue weighted by Crippen LogP contribution is 2.39. The number of hydrogen-bond acceptors (Lipinski definition) is 4. The molecular weight excluding hydrogens is 685 g/mol. The van der Waals surface area contributed by atoms with E-state index in [1.807, 2.05) is 12.1 Å². The highest BCUT2D eigenvalue weighted by Gasteiger charge is 2.38. The molecule has 2 atom stereocenters. The second kappa shape index (κ2) is 13.3. The summed E-state index contributed by atoms with van der Waals surface area (Å²) in [4.78, 5) is 7.43. The Labute approximate surface area is 325 Å². The molecule has 56 heavy (non-hydrogen) atoms. The molecule has 3 heterocycles. The number of benzene rings is 6. The van der Waals surface area contributed by atoms with Gasteiger partial charge in [0.1, 0.15) is 23.2 Å². The van der Waals surface area contributed by atoms with Crippen LogP contribution in [0.5, 0.6) is 0 Å². The van der Waals surface area contributed by atoms with E-state index in [1.165, 1.54) is 33.0 Å². The standard InChI is InChI=1S/C51H40N4O/c52-49(55-50(33-13-3-1-4-14-33)53-51(55)34-15-5-2-6-16-34)39-19-11-17-35(29-39)37-26-28-46-44(31-37)41-21-7-9-23-45(41)54(46)40-20-12-18-36(30-40)38-25-27-43-42-22-8-10-24-47(42)56-48(43)32-38/h3,5,7-32,49-50H,1-2,4,6,52H2/t49?,50-/m0/s1. The van der Waals surface area contributed by atoms with Gasteiger partial charge in [0.2, 0.25) is 0 Å². The minimum absolute atomic E-state index is 0.0782. The number of amidine groups is 1. The lowest BCUT2D eigenvalue weighted by molar-refractivity contribution is 0.234. The third kappa shape index (κ3) is 5.38. The Morgan fingerprint density at radius 2 is 1.29 bits per heavy atom. The van der Waals surface area contributed by atoms with Crippen LogP contribution in [-0.4, -0.2) is 21.5 Å². The van der Waals surface area contributed by atoms with Crippen LogP contribution >= 0.6 is 0 Å². The zero-order valence-electron chi connectivity index (χ0n) is 31.0. The summed E-state index contributed by atoms with van der Waals surface area (Å²) < 4.78 is 8.64. The first kappa shape index (κ1) is 32.7. The Morgan fingerprint density at radius 1 is 0.571 bits per heavy atom. The van der Waals surface area contributed by atoms with Gasteiger partial charge < -0.3 is 19.6 Å². The molecular formula is C51H40N4O. The van der Waals surface area contributed by atoms with Crippen LogP contribution in [0.4, 0.5) is 0 Å². The maximum atomic E-state index is 7.21. The molecule has 5 nitrogen and oxygen atoms in total. The van der Waals surface area contributed by atoms with E-state index in [0.29, 0.717) is 0 Å². The summed E-state index contributed by atoms with van der Waals surface area (Å²) in [6, 6.07) is 47.9. The van der Waals surface area contributed by atoms with E-state index in [4.69, 9.17) is 15.1 Å². The molecule has 0 saturated carbocycles. The number of rotatable bonds is 7. The number of fused-ring (bicyclic) bond motifs is 6. The van der Waals surface area contributed by atoms with Gasteiger partial charge in [0.25, 0.3) is 0 Å². The van der Waals surface area contributed by atoms with E-state index in [0.717, 1.165) is 87.0 Å². The van der Waals surface area contributed by atoms with E-state index < -0.39 is 0 Å². The molecule has 3 aliphatic rings. The minimum Gasteiger partial charge on any atom is -0.456 e. The number of furan rings is 1. The minimum atomic E-state index is -0.342. The van der Waals surface area contributed by atoms with Crippen molar-refractivity contribution in [3.63, 3.8) is 0 Å². The molecule has 0 fully saturated rings. The Morgan fingerprint density at radius 3 is 2.14 bits per heavy atom. The van der Waals surface area contributed by atoms with Crippen LogP contribution in [0.1, 0.15) is 37.4 Å². The van der Waals surface area contributed by atoms with E-state index in [2.05, 4.69) is 167 Å². The predicted octanol–water partition coefficient (Wildman–Crippen LogP) is 12.6. The second-order valence-corrected chi connectivity index (χ2v) is 15.1. The van der Waals surface area contributed by atoms with Crippen molar-refractivity contribution in [2.45, 2.75) is 38.0 Å². The van der Waals surface area contributed by atoms with Crippen molar-refractivity contribution in [2.75, 3.05) is 0 Å². The van der Waals surface area contributed by atoms with E-state index in [-0.39, 0.29) is 12.3 Å². The summed E-state index contributed by atoms with van der Waals surface area (Å²) in [5.74, 6) is 0.983. The Hall–Kier alpha value is -6.69. The summed E-state index contributed by atoms with van der Waals surface area (Å²) in [5, 5.41) is 4.72. The first-order valence-electron chi connectivity index (χ1n) is 19.7. The fraction of sp³-hybridized carbons (Fsp3) is 0.118. The van der Waals surface area contributed by atoms with Gasteiger partial charge in [-0.3, -0.25) is 0 Å². The van der Waals surface area contributed by atoms with Crippen molar-refractivity contribution in [1.82, 2.24) is 9.47 Å². The van der Waals surface area contributed by atoms with Gasteiger partial charge in [-0.2, -0.15) is 0 Å². The van der Waals surface area contributed by atoms with Gasteiger partial charge in [-0.05, 0) is 114 Å². The topological polar surface area (TPSA) is 59.7 Å². The number of allylic oxidation sites excluding steroid dienone is 4. The fourth-order valence-corrected chi connectivity index (χ4v) is 8.87. The number of hydrogen-bond donors (Lipinski definition) is 1. The van der Waals surface area contributed by atoms with Crippen LogP contribution in [0.15, 0.2) is 190 Å². The molecule has 2 aliphatic carbocycles. The molecule has 0 amide bonds. The summed E-state index contributed by atoms with van der Waals surface area (Å²) in [5.41, 5.74) is 20.5. The first-order valence-corrected chi connectivity index (χ1v) is 19.7. The lowest BCUT2D eigenvalue weighted by Crippen LogP contribution is -2.54. The molecule has 1 unspecified atom stereocenters. The molecule has 270 valence electrons. The molecule has 0 saturated heterocycles. The van der Waals surface area contributed by atoms with Crippen molar-refractivity contribution in [1.29, 1.82) is 0 Å². The van der Waals surface area contributed by atoms with Gasteiger partial charge in [0.05, 0.1) is 11.0 Å². The summed E-state index contributed by atoms with van der Waals surface area (Å²) in [7, 11) is 0. The Balaban J connectivity index is 0.956. The van der Waals surface area contributed by atoms with Crippen LogP contribution in [0.25, 0.3) is 71.7 Å². The zero-order valence-corrected chi connectivity index (χ0v) is 31.0.